The molecule has 1 aromatic rings. The molecule has 1 heterocycles. The number of hydrogen-bond acceptors (Lipinski definition) is 3. The summed E-state index contributed by atoms with van der Waals surface area (Å²) in [6.45, 7) is 4.30. The van der Waals surface area contributed by atoms with Crippen molar-refractivity contribution in [2.45, 2.75) is 25.4 Å². The highest BCUT2D eigenvalue weighted by Crippen LogP contribution is 2.30. The fraction of sp³-hybridized carbons (Fsp3) is 0.571. The number of benzene rings is 1. The molecule has 0 atom stereocenters. The lowest BCUT2D eigenvalue weighted by molar-refractivity contribution is 0.247. The number of para-hydroxylation sites is 1. The van der Waals surface area contributed by atoms with Crippen molar-refractivity contribution in [3.63, 3.8) is 0 Å². The Hall–Kier alpha value is -1.13. The molecule has 0 aromatic heterocycles. The van der Waals surface area contributed by atoms with Crippen molar-refractivity contribution in [2.24, 2.45) is 5.73 Å². The van der Waals surface area contributed by atoms with Crippen LogP contribution in [-0.2, 0) is 6.54 Å². The molecular formula is C14H20FN3. The molecule has 1 saturated carbocycles. The number of halogens is 1. The first-order chi connectivity index (χ1) is 8.79. The van der Waals surface area contributed by atoms with Crippen molar-refractivity contribution in [1.82, 2.24) is 4.90 Å². The van der Waals surface area contributed by atoms with Crippen LogP contribution in [0.2, 0.25) is 0 Å². The minimum absolute atomic E-state index is 0.141. The molecule has 2 aliphatic rings. The first-order valence-electron chi connectivity index (χ1n) is 6.76. The summed E-state index contributed by atoms with van der Waals surface area (Å²) < 4.78 is 14.0. The summed E-state index contributed by atoms with van der Waals surface area (Å²) in [5.74, 6) is -0.141. The van der Waals surface area contributed by atoms with Gasteiger partial charge in [-0.2, -0.15) is 0 Å². The average Bonchev–Trinajstić information content (AvgIpc) is 3.23. The van der Waals surface area contributed by atoms with E-state index >= 15 is 0 Å². The molecule has 0 amide bonds. The Kier molecular flexibility index (Phi) is 3.22. The van der Waals surface area contributed by atoms with Gasteiger partial charge >= 0.3 is 0 Å². The fourth-order valence-corrected chi connectivity index (χ4v) is 2.83. The van der Waals surface area contributed by atoms with Gasteiger partial charge in [0.05, 0.1) is 5.69 Å². The Labute approximate surface area is 107 Å². The minimum Gasteiger partial charge on any atom is -0.366 e. The topological polar surface area (TPSA) is 32.5 Å². The summed E-state index contributed by atoms with van der Waals surface area (Å²) in [4.78, 5) is 4.68. The van der Waals surface area contributed by atoms with Crippen LogP contribution in [0.25, 0.3) is 0 Å². The highest BCUT2D eigenvalue weighted by atomic mass is 19.1. The summed E-state index contributed by atoms with van der Waals surface area (Å²) in [6.07, 6.45) is 2.68. The number of rotatable bonds is 3. The molecule has 1 aliphatic heterocycles. The van der Waals surface area contributed by atoms with E-state index in [1.54, 1.807) is 6.07 Å². The first kappa shape index (κ1) is 11.9. The zero-order valence-corrected chi connectivity index (χ0v) is 10.6. The summed E-state index contributed by atoms with van der Waals surface area (Å²) in [5, 5.41) is 0. The minimum atomic E-state index is -0.141. The Morgan fingerprint density at radius 2 is 1.89 bits per heavy atom. The van der Waals surface area contributed by atoms with Gasteiger partial charge in [-0.25, -0.2) is 4.39 Å². The molecule has 98 valence electrons. The molecule has 0 unspecified atom stereocenters. The van der Waals surface area contributed by atoms with Gasteiger partial charge in [0, 0.05) is 38.8 Å². The zero-order chi connectivity index (χ0) is 12.5. The molecule has 1 aliphatic carbocycles. The summed E-state index contributed by atoms with van der Waals surface area (Å²) >= 11 is 0. The van der Waals surface area contributed by atoms with E-state index in [0.29, 0.717) is 6.54 Å². The van der Waals surface area contributed by atoms with Crippen LogP contribution in [0.3, 0.4) is 0 Å². The quantitative estimate of drug-likeness (QED) is 0.882. The summed E-state index contributed by atoms with van der Waals surface area (Å²) in [5.41, 5.74) is 7.34. The third kappa shape index (κ3) is 2.22. The monoisotopic (exact) mass is 249 g/mol. The second-order valence-electron chi connectivity index (χ2n) is 5.21. The van der Waals surface area contributed by atoms with Crippen LogP contribution >= 0.6 is 0 Å². The predicted molar refractivity (Wildman–Crippen MR) is 71.1 cm³/mol. The number of hydrogen-bond donors (Lipinski definition) is 1. The second-order valence-corrected chi connectivity index (χ2v) is 5.21. The third-order valence-electron chi connectivity index (χ3n) is 3.98. The number of nitrogens with two attached hydrogens (primary N) is 1. The number of piperazine rings is 1. The maximum absolute atomic E-state index is 14.0. The molecule has 3 nitrogen and oxygen atoms in total. The lowest BCUT2D eigenvalue weighted by atomic mass is 10.1. The molecule has 18 heavy (non-hydrogen) atoms. The molecule has 2 fully saturated rings. The molecule has 4 heteroatoms. The van der Waals surface area contributed by atoms with E-state index in [2.05, 4.69) is 9.80 Å². The molecule has 2 N–H and O–H groups in total. The van der Waals surface area contributed by atoms with Gasteiger partial charge in [-0.3, -0.25) is 4.90 Å². The lowest BCUT2D eigenvalue weighted by Gasteiger charge is -2.37. The first-order valence-corrected chi connectivity index (χ1v) is 6.76. The Bertz CT molecular complexity index is 423. The maximum atomic E-state index is 14.0. The predicted octanol–water partition coefficient (Wildman–Crippen LogP) is 1.57. The van der Waals surface area contributed by atoms with E-state index in [-0.39, 0.29) is 5.82 Å². The van der Waals surface area contributed by atoms with Gasteiger partial charge in [0.1, 0.15) is 5.82 Å². The zero-order valence-electron chi connectivity index (χ0n) is 10.6. The molecule has 3 rings (SSSR count). The van der Waals surface area contributed by atoms with E-state index < -0.39 is 0 Å². The van der Waals surface area contributed by atoms with Crippen LogP contribution in [0.4, 0.5) is 10.1 Å². The maximum Gasteiger partial charge on any atom is 0.146 e. The Morgan fingerprint density at radius 1 is 1.17 bits per heavy atom. The van der Waals surface area contributed by atoms with Crippen LogP contribution in [0.1, 0.15) is 18.4 Å². The lowest BCUT2D eigenvalue weighted by Crippen LogP contribution is -2.47. The van der Waals surface area contributed by atoms with Crippen LogP contribution in [0.15, 0.2) is 18.2 Å². The van der Waals surface area contributed by atoms with Gasteiger partial charge in [0.15, 0.2) is 0 Å². The van der Waals surface area contributed by atoms with Gasteiger partial charge in [-0.1, -0.05) is 12.1 Å². The highest BCUT2D eigenvalue weighted by Gasteiger charge is 2.31. The molecule has 0 bridgehead atoms. The van der Waals surface area contributed by atoms with E-state index in [1.807, 2.05) is 6.07 Å². The van der Waals surface area contributed by atoms with Crippen LogP contribution in [0.5, 0.6) is 0 Å². The molecule has 1 aromatic carbocycles. The molecular weight excluding hydrogens is 229 g/mol. The van der Waals surface area contributed by atoms with Gasteiger partial charge in [-0.05, 0) is 24.5 Å². The van der Waals surface area contributed by atoms with Gasteiger partial charge in [0.2, 0.25) is 0 Å². The van der Waals surface area contributed by atoms with Gasteiger partial charge in [-0.15, -0.1) is 0 Å². The largest absolute Gasteiger partial charge is 0.366 e. The summed E-state index contributed by atoms with van der Waals surface area (Å²) in [7, 11) is 0. The van der Waals surface area contributed by atoms with Crippen molar-refractivity contribution in [3.05, 3.63) is 29.6 Å². The molecule has 0 spiro atoms. The van der Waals surface area contributed by atoms with E-state index in [4.69, 9.17) is 5.73 Å². The van der Waals surface area contributed by atoms with E-state index in [1.165, 1.54) is 18.9 Å². The third-order valence-corrected chi connectivity index (χ3v) is 3.98. The van der Waals surface area contributed by atoms with Crippen LogP contribution in [-0.4, -0.2) is 37.1 Å². The van der Waals surface area contributed by atoms with E-state index in [0.717, 1.165) is 43.5 Å². The number of nitrogens with zero attached hydrogens (tertiary/aromatic N) is 2. The normalized spacial score (nSPS) is 21.3. The average molecular weight is 249 g/mol. The van der Waals surface area contributed by atoms with Crippen LogP contribution < -0.4 is 10.6 Å². The Morgan fingerprint density at radius 3 is 2.50 bits per heavy atom. The smallest absolute Gasteiger partial charge is 0.146 e. The van der Waals surface area contributed by atoms with Crippen molar-refractivity contribution in [2.75, 3.05) is 31.1 Å². The van der Waals surface area contributed by atoms with Crippen LogP contribution in [0, 0.1) is 5.82 Å². The summed E-state index contributed by atoms with van der Waals surface area (Å²) in [6, 6.07) is 6.00. The standard InChI is InChI=1S/C14H20FN3/c15-13-3-1-2-11(10-16)14(13)18-8-6-17(7-9-18)12-4-5-12/h1-3,12H,4-10,16H2. The molecule has 1 saturated heterocycles. The van der Waals surface area contributed by atoms with Crippen molar-refractivity contribution < 1.29 is 4.39 Å². The van der Waals surface area contributed by atoms with E-state index in [9.17, 15) is 4.39 Å². The second kappa shape index (κ2) is 4.86. The van der Waals surface area contributed by atoms with Gasteiger partial charge in [0.25, 0.3) is 0 Å². The molecule has 0 radical (unpaired) electrons. The van der Waals surface area contributed by atoms with Gasteiger partial charge < -0.3 is 10.6 Å². The van der Waals surface area contributed by atoms with Crippen molar-refractivity contribution in [1.29, 1.82) is 0 Å². The SMILES string of the molecule is NCc1cccc(F)c1N1CCN(C2CC2)CC1. The fourth-order valence-electron chi connectivity index (χ4n) is 2.83. The van der Waals surface area contributed by atoms with Crippen molar-refractivity contribution >= 4 is 5.69 Å². The number of anilines is 1. The van der Waals surface area contributed by atoms with Crippen molar-refractivity contribution in [3.8, 4) is 0 Å². The highest BCUT2D eigenvalue weighted by molar-refractivity contribution is 5.55. The Balaban J connectivity index is 1.75.